The van der Waals surface area contributed by atoms with E-state index in [1.165, 1.54) is 25.3 Å². The number of halogens is 3. The summed E-state index contributed by atoms with van der Waals surface area (Å²) in [5.74, 6) is 0. The summed E-state index contributed by atoms with van der Waals surface area (Å²) >= 11 is 0. The van der Waals surface area contributed by atoms with E-state index in [0.717, 1.165) is 7.11 Å². The van der Waals surface area contributed by atoms with Crippen molar-refractivity contribution in [3.05, 3.63) is 30.1 Å². The molecule has 84 valence electrons. The van der Waals surface area contributed by atoms with Crippen LogP contribution in [0.15, 0.2) is 24.4 Å². The van der Waals surface area contributed by atoms with E-state index in [2.05, 4.69) is 9.72 Å². The molecule has 0 N–H and O–H groups in total. The Morgan fingerprint density at radius 2 is 2.00 bits per heavy atom. The summed E-state index contributed by atoms with van der Waals surface area (Å²) in [6.07, 6.45) is -3.35. The fourth-order valence-corrected chi connectivity index (χ4v) is 1.49. The van der Waals surface area contributed by atoms with Gasteiger partial charge in [-0.2, -0.15) is 13.2 Å². The second-order valence-electron chi connectivity index (χ2n) is 3.10. The normalized spacial score (nSPS) is 16.1. The molecule has 1 heterocycles. The Kier molecular flexibility index (Phi) is 3.34. The van der Waals surface area contributed by atoms with Crippen molar-refractivity contribution in [1.29, 1.82) is 0 Å². The number of ether oxygens (including phenoxy) is 1. The quantitative estimate of drug-likeness (QED) is 0.779. The van der Waals surface area contributed by atoms with Crippen molar-refractivity contribution >= 4 is 0 Å². The van der Waals surface area contributed by atoms with E-state index in [1.807, 2.05) is 0 Å². The summed E-state index contributed by atoms with van der Waals surface area (Å²) in [6.45, 7) is 1.42. The molecule has 1 aromatic heterocycles. The van der Waals surface area contributed by atoms with Crippen LogP contribution in [0.4, 0.5) is 13.2 Å². The van der Waals surface area contributed by atoms with E-state index >= 15 is 0 Å². The minimum absolute atomic E-state index is 0.109. The molecule has 1 atom stereocenters. The van der Waals surface area contributed by atoms with Crippen molar-refractivity contribution in [2.75, 3.05) is 7.11 Å². The molecular weight excluding hydrogens is 207 g/mol. The number of pyridine rings is 1. The molecule has 0 aliphatic carbocycles. The first-order valence-corrected chi connectivity index (χ1v) is 4.51. The number of aromatic nitrogens is 1. The second-order valence-corrected chi connectivity index (χ2v) is 3.10. The summed E-state index contributed by atoms with van der Waals surface area (Å²) < 4.78 is 43.3. The number of rotatable bonds is 3. The topological polar surface area (TPSA) is 22.1 Å². The van der Waals surface area contributed by atoms with Crippen molar-refractivity contribution < 1.29 is 17.9 Å². The smallest absolute Gasteiger partial charge is 0.363 e. The Morgan fingerprint density at radius 1 is 1.33 bits per heavy atom. The summed E-state index contributed by atoms with van der Waals surface area (Å²) in [5, 5.41) is 0. The standard InChI is InChI=1S/C10H12F3NO/c1-3-9(15-2,10(11,12)13)8-6-4-5-7-14-8/h4-7H,3H2,1-2H3. The monoisotopic (exact) mass is 219 g/mol. The lowest BCUT2D eigenvalue weighted by atomic mass is 9.95. The molecule has 1 unspecified atom stereocenters. The van der Waals surface area contributed by atoms with Gasteiger partial charge in [-0.05, 0) is 18.6 Å². The molecule has 5 heteroatoms. The molecule has 1 aromatic rings. The molecule has 0 bridgehead atoms. The summed E-state index contributed by atoms with van der Waals surface area (Å²) in [5.41, 5.74) is -2.41. The average Bonchev–Trinajstić information content (AvgIpc) is 2.20. The third-order valence-electron chi connectivity index (χ3n) is 2.38. The fraction of sp³-hybridized carbons (Fsp3) is 0.500. The van der Waals surface area contributed by atoms with Crippen LogP contribution < -0.4 is 0 Å². The Labute approximate surface area is 86.1 Å². The van der Waals surface area contributed by atoms with E-state index < -0.39 is 11.8 Å². The second kappa shape index (κ2) is 4.18. The lowest BCUT2D eigenvalue weighted by Crippen LogP contribution is -2.44. The van der Waals surface area contributed by atoms with Gasteiger partial charge in [0, 0.05) is 13.3 Å². The summed E-state index contributed by atoms with van der Waals surface area (Å²) in [4.78, 5) is 3.71. The van der Waals surface area contributed by atoms with E-state index in [4.69, 9.17) is 0 Å². The third kappa shape index (κ3) is 1.97. The molecule has 1 rings (SSSR count). The Morgan fingerprint density at radius 3 is 2.33 bits per heavy atom. The van der Waals surface area contributed by atoms with Gasteiger partial charge in [-0.1, -0.05) is 13.0 Å². The van der Waals surface area contributed by atoms with Crippen LogP contribution in [0, 0.1) is 0 Å². The third-order valence-corrected chi connectivity index (χ3v) is 2.38. The van der Waals surface area contributed by atoms with E-state index in [1.54, 1.807) is 6.07 Å². The SMILES string of the molecule is CCC(OC)(c1ccccn1)C(F)(F)F. The van der Waals surface area contributed by atoms with Crippen molar-refractivity contribution in [2.24, 2.45) is 0 Å². The highest BCUT2D eigenvalue weighted by Crippen LogP contribution is 2.43. The molecule has 0 radical (unpaired) electrons. The first-order chi connectivity index (χ1) is 6.98. The maximum Gasteiger partial charge on any atom is 0.423 e. The highest BCUT2D eigenvalue weighted by Gasteiger charge is 2.56. The van der Waals surface area contributed by atoms with E-state index in [-0.39, 0.29) is 12.1 Å². The van der Waals surface area contributed by atoms with Gasteiger partial charge in [-0.25, -0.2) is 0 Å². The highest BCUT2D eigenvalue weighted by molar-refractivity contribution is 5.16. The van der Waals surface area contributed by atoms with Crippen molar-refractivity contribution in [2.45, 2.75) is 25.1 Å². The lowest BCUT2D eigenvalue weighted by molar-refractivity contribution is -0.279. The zero-order valence-corrected chi connectivity index (χ0v) is 8.51. The fourth-order valence-electron chi connectivity index (χ4n) is 1.49. The van der Waals surface area contributed by atoms with Crippen LogP contribution in [0.2, 0.25) is 0 Å². The number of nitrogens with zero attached hydrogens (tertiary/aromatic N) is 1. The molecule has 0 aliphatic heterocycles. The van der Waals surface area contributed by atoms with Crippen LogP contribution in [-0.4, -0.2) is 18.3 Å². The first-order valence-electron chi connectivity index (χ1n) is 4.51. The van der Waals surface area contributed by atoms with Crippen LogP contribution >= 0.6 is 0 Å². The van der Waals surface area contributed by atoms with Gasteiger partial charge in [0.15, 0.2) is 0 Å². The number of alkyl halides is 3. The number of hydrogen-bond donors (Lipinski definition) is 0. The molecule has 0 saturated heterocycles. The molecule has 0 amide bonds. The maximum absolute atomic E-state index is 12.9. The Balaban J connectivity index is 3.24. The van der Waals surface area contributed by atoms with Crippen LogP contribution in [0.25, 0.3) is 0 Å². The molecule has 0 saturated carbocycles. The maximum atomic E-state index is 12.9. The van der Waals surface area contributed by atoms with E-state index in [9.17, 15) is 13.2 Å². The average molecular weight is 219 g/mol. The summed E-state index contributed by atoms with van der Waals surface area (Å²) in [6, 6.07) is 4.40. The van der Waals surface area contributed by atoms with Gasteiger partial charge in [0.25, 0.3) is 0 Å². The predicted octanol–water partition coefficient (Wildman–Crippen LogP) is 2.90. The van der Waals surface area contributed by atoms with Gasteiger partial charge in [0.2, 0.25) is 5.60 Å². The van der Waals surface area contributed by atoms with Crippen LogP contribution in [0.1, 0.15) is 19.0 Å². The molecule has 2 nitrogen and oxygen atoms in total. The minimum Gasteiger partial charge on any atom is -0.363 e. The van der Waals surface area contributed by atoms with Crippen molar-refractivity contribution in [1.82, 2.24) is 4.98 Å². The van der Waals surface area contributed by atoms with Gasteiger partial charge in [-0.15, -0.1) is 0 Å². The van der Waals surface area contributed by atoms with Gasteiger partial charge in [0.05, 0.1) is 5.69 Å². The Bertz CT molecular complexity index is 306. The van der Waals surface area contributed by atoms with Crippen LogP contribution in [0.3, 0.4) is 0 Å². The molecule has 0 aliphatic rings. The highest BCUT2D eigenvalue weighted by atomic mass is 19.4. The number of methoxy groups -OCH3 is 1. The van der Waals surface area contributed by atoms with Crippen molar-refractivity contribution in [3.8, 4) is 0 Å². The Hall–Kier alpha value is -1.10. The van der Waals surface area contributed by atoms with Gasteiger partial charge < -0.3 is 4.74 Å². The predicted molar refractivity (Wildman–Crippen MR) is 49.3 cm³/mol. The van der Waals surface area contributed by atoms with Crippen LogP contribution in [0.5, 0.6) is 0 Å². The molecule has 0 aromatic carbocycles. The van der Waals surface area contributed by atoms with Crippen molar-refractivity contribution in [3.63, 3.8) is 0 Å². The zero-order valence-electron chi connectivity index (χ0n) is 8.51. The minimum atomic E-state index is -4.47. The van der Waals surface area contributed by atoms with Gasteiger partial charge in [-0.3, -0.25) is 4.98 Å². The number of hydrogen-bond acceptors (Lipinski definition) is 2. The lowest BCUT2D eigenvalue weighted by Gasteiger charge is -2.32. The molecular formula is C10H12F3NO. The van der Waals surface area contributed by atoms with Gasteiger partial charge >= 0.3 is 6.18 Å². The molecule has 0 fully saturated rings. The molecule has 15 heavy (non-hydrogen) atoms. The zero-order chi connectivity index (χ0) is 11.5. The first kappa shape index (κ1) is 12.0. The summed E-state index contributed by atoms with van der Waals surface area (Å²) in [7, 11) is 1.05. The van der Waals surface area contributed by atoms with E-state index in [0.29, 0.717) is 0 Å². The largest absolute Gasteiger partial charge is 0.423 e. The molecule has 0 spiro atoms. The van der Waals surface area contributed by atoms with Gasteiger partial charge in [0.1, 0.15) is 0 Å². The van der Waals surface area contributed by atoms with Crippen LogP contribution in [-0.2, 0) is 10.3 Å².